The molecule has 1 aromatic carbocycles. The number of fused-ring (bicyclic) bond motifs is 3. The summed E-state index contributed by atoms with van der Waals surface area (Å²) in [6.07, 6.45) is 2.44. The Hall–Kier alpha value is -1.66. The van der Waals surface area contributed by atoms with E-state index in [1.807, 2.05) is 24.3 Å². The van der Waals surface area contributed by atoms with Crippen molar-refractivity contribution in [2.24, 2.45) is 0 Å². The smallest absolute Gasteiger partial charge is 0.346 e. The second kappa shape index (κ2) is 4.43. The molecule has 1 heterocycles. The van der Waals surface area contributed by atoms with Crippen LogP contribution in [0.5, 0.6) is 0 Å². The molecular weight excluding hydrogens is 296 g/mol. The largest absolute Gasteiger partial charge is 0.477 e. The molecule has 104 valence electrons. The molecule has 0 unspecified atom stereocenters. The van der Waals surface area contributed by atoms with E-state index >= 15 is 0 Å². The number of aromatic carboxylic acids is 1. The van der Waals surface area contributed by atoms with E-state index < -0.39 is 15.8 Å². The molecule has 0 bridgehead atoms. The van der Waals surface area contributed by atoms with Gasteiger partial charge in [-0.2, -0.15) is 0 Å². The lowest BCUT2D eigenvalue weighted by molar-refractivity contribution is 0.0703. The van der Waals surface area contributed by atoms with E-state index in [1.165, 1.54) is 0 Å². The van der Waals surface area contributed by atoms with E-state index in [1.54, 1.807) is 0 Å². The lowest BCUT2D eigenvalue weighted by Gasteiger charge is -2.17. The van der Waals surface area contributed by atoms with Crippen LogP contribution in [0.3, 0.4) is 0 Å². The third-order valence-electron chi connectivity index (χ3n) is 3.43. The summed E-state index contributed by atoms with van der Waals surface area (Å²) in [5.41, 5.74) is 3.16. The molecule has 4 nitrogen and oxygen atoms in total. The highest BCUT2D eigenvalue weighted by Crippen LogP contribution is 2.44. The summed E-state index contributed by atoms with van der Waals surface area (Å²) in [4.78, 5) is 11.6. The van der Waals surface area contributed by atoms with E-state index in [-0.39, 0.29) is 9.09 Å². The second-order valence-electron chi connectivity index (χ2n) is 4.81. The minimum absolute atomic E-state index is 0.118. The number of sulfone groups is 1. The summed E-state index contributed by atoms with van der Waals surface area (Å²) in [5, 5.41) is 9.36. The molecule has 6 heteroatoms. The third-order valence-corrected chi connectivity index (χ3v) is 6.52. The Morgan fingerprint density at radius 1 is 1.25 bits per heavy atom. The van der Waals surface area contributed by atoms with Crippen LogP contribution < -0.4 is 0 Å². The van der Waals surface area contributed by atoms with Gasteiger partial charge < -0.3 is 5.11 Å². The zero-order valence-corrected chi connectivity index (χ0v) is 12.3. The molecule has 0 amide bonds. The van der Waals surface area contributed by atoms with Crippen LogP contribution in [0.4, 0.5) is 0 Å². The van der Waals surface area contributed by atoms with Gasteiger partial charge in [-0.15, -0.1) is 11.3 Å². The first-order valence-corrected chi connectivity index (χ1v) is 8.77. The number of carbonyl (C=O) groups is 1. The maximum absolute atomic E-state index is 11.9. The Kier molecular flexibility index (Phi) is 2.95. The van der Waals surface area contributed by atoms with E-state index in [0.29, 0.717) is 17.5 Å². The van der Waals surface area contributed by atoms with Crippen molar-refractivity contribution in [3.8, 4) is 11.1 Å². The van der Waals surface area contributed by atoms with Crippen LogP contribution >= 0.6 is 11.3 Å². The van der Waals surface area contributed by atoms with Gasteiger partial charge in [-0.05, 0) is 29.5 Å². The van der Waals surface area contributed by atoms with Crippen LogP contribution in [0.2, 0.25) is 0 Å². The average molecular weight is 308 g/mol. The molecular formula is C14H12O4S2. The van der Waals surface area contributed by atoms with Crippen LogP contribution in [0, 0.1) is 0 Å². The van der Waals surface area contributed by atoms with Gasteiger partial charge >= 0.3 is 5.97 Å². The summed E-state index contributed by atoms with van der Waals surface area (Å²) < 4.78 is 23.9. The predicted octanol–water partition coefficient (Wildman–Crippen LogP) is 2.62. The predicted molar refractivity (Wildman–Crippen MR) is 77.2 cm³/mol. The van der Waals surface area contributed by atoms with Crippen molar-refractivity contribution >= 4 is 27.1 Å². The topological polar surface area (TPSA) is 71.4 Å². The minimum atomic E-state index is -3.40. The number of carboxylic acids is 1. The number of hydrogen-bond donors (Lipinski definition) is 1. The molecule has 0 saturated heterocycles. The highest BCUT2D eigenvalue weighted by molar-refractivity contribution is 7.92. The molecule has 0 spiro atoms. The Morgan fingerprint density at radius 3 is 2.60 bits per heavy atom. The fourth-order valence-electron chi connectivity index (χ4n) is 2.65. The van der Waals surface area contributed by atoms with Crippen molar-refractivity contribution in [3.05, 3.63) is 40.3 Å². The molecule has 3 rings (SSSR count). The van der Waals surface area contributed by atoms with E-state index in [0.717, 1.165) is 35.1 Å². The standard InChI is InChI=1S/C14H12O4S2/c1-20(17,18)14-10-7-6-8-4-2-3-5-9(8)11(10)12(19-14)13(15)16/h2-5H,6-7H2,1H3,(H,15,16). The Morgan fingerprint density at radius 2 is 1.95 bits per heavy atom. The van der Waals surface area contributed by atoms with Gasteiger partial charge in [-0.1, -0.05) is 24.3 Å². The number of benzene rings is 1. The lowest BCUT2D eigenvalue weighted by atomic mass is 9.87. The molecule has 0 fully saturated rings. The van der Waals surface area contributed by atoms with Crippen molar-refractivity contribution in [1.82, 2.24) is 0 Å². The number of carboxylic acid groups (broad SMARTS) is 1. The third kappa shape index (κ3) is 1.96. The van der Waals surface area contributed by atoms with Gasteiger partial charge in [0.1, 0.15) is 9.09 Å². The first-order valence-electron chi connectivity index (χ1n) is 6.07. The second-order valence-corrected chi connectivity index (χ2v) is 8.04. The molecule has 0 atom stereocenters. The summed E-state index contributed by atoms with van der Waals surface area (Å²) in [5.74, 6) is -1.07. The van der Waals surface area contributed by atoms with Crippen molar-refractivity contribution in [2.45, 2.75) is 17.1 Å². The van der Waals surface area contributed by atoms with Gasteiger partial charge in [-0.25, -0.2) is 13.2 Å². The van der Waals surface area contributed by atoms with E-state index in [9.17, 15) is 18.3 Å². The van der Waals surface area contributed by atoms with Crippen LogP contribution in [0.1, 0.15) is 20.8 Å². The number of aryl methyl sites for hydroxylation is 1. The van der Waals surface area contributed by atoms with Crippen molar-refractivity contribution in [2.75, 3.05) is 6.26 Å². The van der Waals surface area contributed by atoms with E-state index in [2.05, 4.69) is 0 Å². The highest BCUT2D eigenvalue weighted by atomic mass is 32.2. The van der Waals surface area contributed by atoms with Crippen LogP contribution in [-0.2, 0) is 22.7 Å². The number of rotatable bonds is 2. The van der Waals surface area contributed by atoms with Gasteiger partial charge in [0.15, 0.2) is 9.84 Å². The van der Waals surface area contributed by atoms with Gasteiger partial charge in [-0.3, -0.25) is 0 Å². The maximum atomic E-state index is 11.9. The molecule has 0 radical (unpaired) electrons. The van der Waals surface area contributed by atoms with Crippen LogP contribution in [0.15, 0.2) is 28.5 Å². The SMILES string of the molecule is CS(=O)(=O)c1sc(C(=O)O)c2c1CCc1ccccc1-2. The van der Waals surface area contributed by atoms with Crippen molar-refractivity contribution in [3.63, 3.8) is 0 Å². The molecule has 1 aliphatic carbocycles. The average Bonchev–Trinajstić information content (AvgIpc) is 2.78. The zero-order chi connectivity index (χ0) is 14.5. The Labute approximate surface area is 120 Å². The van der Waals surface area contributed by atoms with Gasteiger partial charge in [0.25, 0.3) is 0 Å². The number of hydrogen-bond acceptors (Lipinski definition) is 4. The fraction of sp³-hybridized carbons (Fsp3) is 0.214. The molecule has 0 saturated carbocycles. The Balaban J connectivity index is 2.39. The van der Waals surface area contributed by atoms with Crippen molar-refractivity contribution < 1.29 is 18.3 Å². The Bertz CT molecular complexity index is 816. The summed E-state index contributed by atoms with van der Waals surface area (Å²) in [6.45, 7) is 0. The van der Waals surface area contributed by atoms with Gasteiger partial charge in [0.05, 0.1) is 0 Å². The number of thiophene rings is 1. The molecule has 2 aromatic rings. The molecule has 1 aliphatic rings. The van der Waals surface area contributed by atoms with Gasteiger partial charge in [0, 0.05) is 11.8 Å². The minimum Gasteiger partial charge on any atom is -0.477 e. The van der Waals surface area contributed by atoms with Crippen molar-refractivity contribution in [1.29, 1.82) is 0 Å². The fourth-order valence-corrected chi connectivity index (χ4v) is 5.09. The molecule has 1 N–H and O–H groups in total. The maximum Gasteiger partial charge on any atom is 0.346 e. The quantitative estimate of drug-likeness (QED) is 0.925. The van der Waals surface area contributed by atoms with Crippen LogP contribution in [-0.4, -0.2) is 25.7 Å². The van der Waals surface area contributed by atoms with Crippen LogP contribution in [0.25, 0.3) is 11.1 Å². The summed E-state index contributed by atoms with van der Waals surface area (Å²) in [6, 6.07) is 7.58. The zero-order valence-electron chi connectivity index (χ0n) is 10.7. The lowest BCUT2D eigenvalue weighted by Crippen LogP contribution is -2.07. The summed E-state index contributed by atoms with van der Waals surface area (Å²) in [7, 11) is -3.40. The van der Waals surface area contributed by atoms with Gasteiger partial charge in [0.2, 0.25) is 0 Å². The molecule has 1 aromatic heterocycles. The monoisotopic (exact) mass is 308 g/mol. The molecule has 0 aliphatic heterocycles. The molecule has 20 heavy (non-hydrogen) atoms. The summed E-state index contributed by atoms with van der Waals surface area (Å²) >= 11 is 0.866. The first kappa shape index (κ1) is 13.3. The van der Waals surface area contributed by atoms with E-state index in [4.69, 9.17) is 0 Å². The highest BCUT2D eigenvalue weighted by Gasteiger charge is 2.31. The normalized spacial score (nSPS) is 13.7. The first-order chi connectivity index (χ1) is 9.39.